The number of hydrogen-bond donors (Lipinski definition) is 1. The molecule has 2 fully saturated rings. The molecule has 1 N–H and O–H groups in total. The molecule has 2 aliphatic heterocycles. The quantitative estimate of drug-likeness (QED) is 0.658. The van der Waals surface area contributed by atoms with Gasteiger partial charge in [-0.3, -0.25) is 4.90 Å². The Hall–Kier alpha value is -0.0800. The summed E-state index contributed by atoms with van der Waals surface area (Å²) in [4.78, 5) is 2.68. The van der Waals surface area contributed by atoms with Gasteiger partial charge in [0.2, 0.25) is 0 Å². The molecular formula is C11H22N2. The first-order chi connectivity index (χ1) is 6.09. The van der Waals surface area contributed by atoms with Crippen LogP contribution in [0.1, 0.15) is 27.2 Å². The maximum absolute atomic E-state index is 3.36. The van der Waals surface area contributed by atoms with Gasteiger partial charge in [-0.05, 0) is 24.3 Å². The molecular weight excluding hydrogens is 160 g/mol. The molecule has 1 atom stereocenters. The lowest BCUT2D eigenvalue weighted by Crippen LogP contribution is -2.61. The molecule has 0 aromatic heterocycles. The Bertz CT molecular complexity index is 185. The first-order valence-corrected chi connectivity index (χ1v) is 5.54. The summed E-state index contributed by atoms with van der Waals surface area (Å²) in [6.45, 7) is 12.3. The van der Waals surface area contributed by atoms with E-state index >= 15 is 0 Å². The number of nitrogens with one attached hydrogen (secondary N) is 1. The third-order valence-electron chi connectivity index (χ3n) is 4.07. The fourth-order valence-electron chi connectivity index (χ4n) is 2.35. The number of nitrogens with zero attached hydrogens (tertiary/aromatic N) is 1. The SMILES string of the molecule is CC1CCN(C2CNC2)CC1(C)C. The second kappa shape index (κ2) is 3.25. The summed E-state index contributed by atoms with van der Waals surface area (Å²) in [5.41, 5.74) is 0.522. The topological polar surface area (TPSA) is 15.3 Å². The summed E-state index contributed by atoms with van der Waals surface area (Å²) < 4.78 is 0. The minimum atomic E-state index is 0.522. The Kier molecular flexibility index (Phi) is 2.37. The molecule has 76 valence electrons. The number of hydrogen-bond acceptors (Lipinski definition) is 2. The van der Waals surface area contributed by atoms with Crippen LogP contribution in [0.15, 0.2) is 0 Å². The zero-order chi connectivity index (χ0) is 9.47. The van der Waals surface area contributed by atoms with E-state index in [0.717, 1.165) is 12.0 Å². The number of likely N-dealkylation sites (tertiary alicyclic amines) is 1. The van der Waals surface area contributed by atoms with Crippen LogP contribution in [0.2, 0.25) is 0 Å². The highest BCUT2D eigenvalue weighted by atomic mass is 15.2. The van der Waals surface area contributed by atoms with Crippen LogP contribution in [0.4, 0.5) is 0 Å². The van der Waals surface area contributed by atoms with Gasteiger partial charge < -0.3 is 5.32 Å². The third-order valence-corrected chi connectivity index (χ3v) is 4.07. The van der Waals surface area contributed by atoms with E-state index < -0.39 is 0 Å². The summed E-state index contributed by atoms with van der Waals surface area (Å²) in [6.07, 6.45) is 1.38. The molecule has 2 saturated heterocycles. The maximum atomic E-state index is 3.36. The maximum Gasteiger partial charge on any atom is 0.0345 e. The molecule has 0 amide bonds. The van der Waals surface area contributed by atoms with Crippen molar-refractivity contribution in [1.82, 2.24) is 10.2 Å². The van der Waals surface area contributed by atoms with Gasteiger partial charge in [-0.1, -0.05) is 20.8 Å². The summed E-state index contributed by atoms with van der Waals surface area (Å²) in [5, 5.41) is 3.36. The highest BCUT2D eigenvalue weighted by Crippen LogP contribution is 2.35. The van der Waals surface area contributed by atoms with Gasteiger partial charge in [-0.25, -0.2) is 0 Å². The molecule has 0 bridgehead atoms. The van der Waals surface area contributed by atoms with Crippen LogP contribution in [-0.2, 0) is 0 Å². The molecule has 13 heavy (non-hydrogen) atoms. The molecule has 0 aromatic carbocycles. The van der Waals surface area contributed by atoms with Gasteiger partial charge in [0.05, 0.1) is 0 Å². The molecule has 2 heterocycles. The Balaban J connectivity index is 1.94. The minimum absolute atomic E-state index is 0.522. The van der Waals surface area contributed by atoms with Gasteiger partial charge in [0.1, 0.15) is 0 Å². The minimum Gasteiger partial charge on any atom is -0.314 e. The molecule has 0 aliphatic carbocycles. The standard InChI is InChI=1S/C11H22N2/c1-9-4-5-13(8-11(9,2)3)10-6-12-7-10/h9-10,12H,4-8H2,1-3H3. The Morgan fingerprint density at radius 1 is 1.31 bits per heavy atom. The number of piperidine rings is 1. The highest BCUT2D eigenvalue weighted by Gasteiger charge is 2.36. The van der Waals surface area contributed by atoms with Gasteiger partial charge in [-0.2, -0.15) is 0 Å². The van der Waals surface area contributed by atoms with Crippen molar-refractivity contribution in [2.45, 2.75) is 33.2 Å². The normalized spacial score (nSPS) is 35.8. The second-order valence-corrected chi connectivity index (χ2v) is 5.46. The largest absolute Gasteiger partial charge is 0.314 e. The van der Waals surface area contributed by atoms with Crippen molar-refractivity contribution in [2.24, 2.45) is 11.3 Å². The zero-order valence-corrected chi connectivity index (χ0v) is 9.14. The van der Waals surface area contributed by atoms with E-state index in [1.165, 1.54) is 32.6 Å². The summed E-state index contributed by atoms with van der Waals surface area (Å²) in [6, 6.07) is 0.840. The molecule has 0 saturated carbocycles. The predicted octanol–water partition coefficient (Wildman–Crippen LogP) is 1.33. The van der Waals surface area contributed by atoms with Gasteiger partial charge in [0.15, 0.2) is 0 Å². The van der Waals surface area contributed by atoms with E-state index in [1.807, 2.05) is 0 Å². The van der Waals surface area contributed by atoms with Crippen LogP contribution in [0.5, 0.6) is 0 Å². The van der Waals surface area contributed by atoms with E-state index in [2.05, 4.69) is 31.0 Å². The van der Waals surface area contributed by atoms with Crippen LogP contribution >= 0.6 is 0 Å². The average molecular weight is 182 g/mol. The third kappa shape index (κ3) is 1.75. The highest BCUT2D eigenvalue weighted by molar-refractivity contribution is 4.92. The average Bonchev–Trinajstić information content (AvgIpc) is 1.92. The van der Waals surface area contributed by atoms with Gasteiger partial charge in [0, 0.05) is 25.7 Å². The Morgan fingerprint density at radius 2 is 2.00 bits per heavy atom. The molecule has 0 aromatic rings. The second-order valence-electron chi connectivity index (χ2n) is 5.46. The van der Waals surface area contributed by atoms with Crippen molar-refractivity contribution >= 4 is 0 Å². The predicted molar refractivity (Wildman–Crippen MR) is 55.8 cm³/mol. The Morgan fingerprint density at radius 3 is 2.46 bits per heavy atom. The molecule has 2 rings (SSSR count). The van der Waals surface area contributed by atoms with E-state index in [4.69, 9.17) is 0 Å². The number of rotatable bonds is 1. The van der Waals surface area contributed by atoms with Gasteiger partial charge in [0.25, 0.3) is 0 Å². The van der Waals surface area contributed by atoms with Crippen LogP contribution < -0.4 is 5.32 Å². The van der Waals surface area contributed by atoms with Crippen LogP contribution in [0.25, 0.3) is 0 Å². The van der Waals surface area contributed by atoms with Crippen molar-refractivity contribution in [2.75, 3.05) is 26.2 Å². The van der Waals surface area contributed by atoms with Crippen molar-refractivity contribution in [3.63, 3.8) is 0 Å². The lowest BCUT2D eigenvalue weighted by Gasteiger charge is -2.48. The van der Waals surface area contributed by atoms with Gasteiger partial charge in [-0.15, -0.1) is 0 Å². The molecule has 1 unspecified atom stereocenters. The van der Waals surface area contributed by atoms with Gasteiger partial charge >= 0.3 is 0 Å². The van der Waals surface area contributed by atoms with E-state index in [0.29, 0.717) is 5.41 Å². The summed E-state index contributed by atoms with van der Waals surface area (Å²) >= 11 is 0. The van der Waals surface area contributed by atoms with Crippen molar-refractivity contribution in [1.29, 1.82) is 0 Å². The Labute approximate surface area is 81.7 Å². The van der Waals surface area contributed by atoms with Crippen molar-refractivity contribution in [3.8, 4) is 0 Å². The fraction of sp³-hybridized carbons (Fsp3) is 1.00. The molecule has 0 radical (unpaired) electrons. The smallest absolute Gasteiger partial charge is 0.0345 e. The fourth-order valence-corrected chi connectivity index (χ4v) is 2.35. The lowest BCUT2D eigenvalue weighted by atomic mass is 9.74. The first-order valence-electron chi connectivity index (χ1n) is 5.54. The molecule has 2 aliphatic rings. The molecule has 2 nitrogen and oxygen atoms in total. The molecule has 2 heteroatoms. The lowest BCUT2D eigenvalue weighted by molar-refractivity contribution is 0.0198. The van der Waals surface area contributed by atoms with Crippen molar-refractivity contribution < 1.29 is 0 Å². The first kappa shape index (κ1) is 9.47. The van der Waals surface area contributed by atoms with Crippen LogP contribution in [0, 0.1) is 11.3 Å². The summed E-state index contributed by atoms with van der Waals surface area (Å²) in [7, 11) is 0. The van der Waals surface area contributed by atoms with Crippen LogP contribution in [-0.4, -0.2) is 37.1 Å². The van der Waals surface area contributed by atoms with E-state index in [9.17, 15) is 0 Å². The molecule has 0 spiro atoms. The van der Waals surface area contributed by atoms with Crippen LogP contribution in [0.3, 0.4) is 0 Å². The monoisotopic (exact) mass is 182 g/mol. The summed E-state index contributed by atoms with van der Waals surface area (Å²) in [5.74, 6) is 0.886. The van der Waals surface area contributed by atoms with E-state index in [-0.39, 0.29) is 0 Å². The zero-order valence-electron chi connectivity index (χ0n) is 9.14. The van der Waals surface area contributed by atoms with Crippen molar-refractivity contribution in [3.05, 3.63) is 0 Å². The van der Waals surface area contributed by atoms with E-state index in [1.54, 1.807) is 0 Å².